The van der Waals surface area contributed by atoms with Gasteiger partial charge in [-0.3, -0.25) is 0 Å². The van der Waals surface area contributed by atoms with E-state index in [1.54, 1.807) is 0 Å². The second-order valence-electron chi connectivity index (χ2n) is 2.66. The molecule has 1 aliphatic rings. The molecule has 0 radical (unpaired) electrons. The molecule has 0 unspecified atom stereocenters. The van der Waals surface area contributed by atoms with Gasteiger partial charge in [-0.15, -0.1) is 0 Å². The maximum Gasteiger partial charge on any atom is 0.0967 e. The highest BCUT2D eigenvalue weighted by Gasteiger charge is 2.09. The lowest BCUT2D eigenvalue weighted by molar-refractivity contribution is 0.284. The molecule has 11 heavy (non-hydrogen) atoms. The van der Waals surface area contributed by atoms with Gasteiger partial charge in [-0.1, -0.05) is 0 Å². The summed E-state index contributed by atoms with van der Waals surface area (Å²) in [7, 11) is 1.97. The van der Waals surface area contributed by atoms with Crippen LogP contribution < -0.4 is 10.6 Å². The molecule has 1 heterocycles. The molecule has 1 aliphatic heterocycles. The van der Waals surface area contributed by atoms with E-state index in [4.69, 9.17) is 0 Å². The second-order valence-corrected chi connectivity index (χ2v) is 2.66. The Morgan fingerprint density at radius 1 is 1.45 bits per heavy atom. The van der Waals surface area contributed by atoms with Crippen LogP contribution in [0.15, 0.2) is 11.9 Å². The molecule has 0 aliphatic carbocycles. The summed E-state index contributed by atoms with van der Waals surface area (Å²) in [4.78, 5) is 2.36. The first-order valence-corrected chi connectivity index (χ1v) is 4.18. The molecule has 0 aromatic rings. The van der Waals surface area contributed by atoms with Crippen molar-refractivity contribution in [3.8, 4) is 0 Å². The summed E-state index contributed by atoms with van der Waals surface area (Å²) in [6.07, 6.45) is 2.12. The van der Waals surface area contributed by atoms with Gasteiger partial charge in [0.2, 0.25) is 0 Å². The maximum absolute atomic E-state index is 3.32. The second kappa shape index (κ2) is 4.23. The molecule has 3 heteroatoms. The molecule has 2 N–H and O–H groups in total. The third kappa shape index (κ3) is 2.12. The maximum atomic E-state index is 3.32. The molecule has 0 atom stereocenters. The van der Waals surface area contributed by atoms with Crippen LogP contribution in [0.2, 0.25) is 0 Å². The van der Waals surface area contributed by atoms with Crippen molar-refractivity contribution in [1.82, 2.24) is 15.5 Å². The number of rotatable bonds is 2. The number of nitrogens with zero attached hydrogens (tertiary/aromatic N) is 1. The predicted molar refractivity (Wildman–Crippen MR) is 47.3 cm³/mol. The van der Waals surface area contributed by atoms with Gasteiger partial charge in [0.15, 0.2) is 0 Å². The van der Waals surface area contributed by atoms with Gasteiger partial charge in [-0.2, -0.15) is 0 Å². The van der Waals surface area contributed by atoms with Gasteiger partial charge in [-0.05, 0) is 13.0 Å². The van der Waals surface area contributed by atoms with Crippen LogP contribution in [0, 0.1) is 0 Å². The zero-order valence-electron chi connectivity index (χ0n) is 7.35. The van der Waals surface area contributed by atoms with E-state index in [0.29, 0.717) is 0 Å². The van der Waals surface area contributed by atoms with Crippen molar-refractivity contribution in [3.05, 3.63) is 11.9 Å². The van der Waals surface area contributed by atoms with E-state index >= 15 is 0 Å². The van der Waals surface area contributed by atoms with Crippen molar-refractivity contribution in [3.63, 3.8) is 0 Å². The average molecular weight is 155 g/mol. The van der Waals surface area contributed by atoms with Gasteiger partial charge in [-0.25, -0.2) is 0 Å². The average Bonchev–Trinajstić information content (AvgIpc) is 2.09. The van der Waals surface area contributed by atoms with E-state index < -0.39 is 0 Å². The Morgan fingerprint density at radius 2 is 2.09 bits per heavy atom. The fraction of sp³-hybridized carbons (Fsp3) is 0.750. The summed E-state index contributed by atoms with van der Waals surface area (Å²) in [5.74, 6) is 1.24. The number of nitrogens with one attached hydrogen (secondary N) is 2. The number of hydrogen-bond acceptors (Lipinski definition) is 3. The monoisotopic (exact) mass is 155 g/mol. The summed E-state index contributed by atoms with van der Waals surface area (Å²) in [5, 5.41) is 6.50. The lowest BCUT2D eigenvalue weighted by Crippen LogP contribution is -2.45. The molecule has 1 saturated heterocycles. The summed E-state index contributed by atoms with van der Waals surface area (Å²) in [6, 6.07) is 0. The quantitative estimate of drug-likeness (QED) is 0.586. The molecule has 0 spiro atoms. The summed E-state index contributed by atoms with van der Waals surface area (Å²) < 4.78 is 0. The van der Waals surface area contributed by atoms with Crippen LogP contribution in [-0.2, 0) is 0 Å². The largest absolute Gasteiger partial charge is 0.375 e. The minimum absolute atomic E-state index is 1.10. The van der Waals surface area contributed by atoms with Crippen LogP contribution in [0.4, 0.5) is 0 Å². The normalized spacial score (nSPS) is 20.2. The third-order valence-electron chi connectivity index (χ3n) is 1.99. The lowest BCUT2D eigenvalue weighted by atomic mass is 10.3. The predicted octanol–water partition coefficient (Wildman–Crippen LogP) is -0.0277. The molecular formula is C8H17N3. The molecule has 3 nitrogen and oxygen atoms in total. The molecule has 0 bridgehead atoms. The van der Waals surface area contributed by atoms with Crippen molar-refractivity contribution in [1.29, 1.82) is 0 Å². The van der Waals surface area contributed by atoms with E-state index in [0.717, 1.165) is 26.2 Å². The fourth-order valence-electron chi connectivity index (χ4n) is 1.39. The number of allylic oxidation sites excluding steroid dienone is 1. The molecule has 0 saturated carbocycles. The van der Waals surface area contributed by atoms with Crippen LogP contribution in [0.25, 0.3) is 0 Å². The van der Waals surface area contributed by atoms with Crippen molar-refractivity contribution < 1.29 is 0 Å². The highest BCUT2D eigenvalue weighted by molar-refractivity contribution is 4.97. The zero-order valence-corrected chi connectivity index (χ0v) is 7.35. The number of piperazine rings is 1. The van der Waals surface area contributed by atoms with E-state index in [-0.39, 0.29) is 0 Å². The van der Waals surface area contributed by atoms with E-state index in [2.05, 4.69) is 28.5 Å². The van der Waals surface area contributed by atoms with Crippen molar-refractivity contribution in [2.75, 3.05) is 33.2 Å². The first-order chi connectivity index (χ1) is 5.38. The molecule has 64 valence electrons. The van der Waals surface area contributed by atoms with Crippen molar-refractivity contribution in [2.45, 2.75) is 6.92 Å². The highest BCUT2D eigenvalue weighted by atomic mass is 15.3. The van der Waals surface area contributed by atoms with Gasteiger partial charge in [0.25, 0.3) is 0 Å². The van der Waals surface area contributed by atoms with E-state index in [1.165, 1.54) is 5.82 Å². The van der Waals surface area contributed by atoms with Crippen molar-refractivity contribution >= 4 is 0 Å². The first kappa shape index (κ1) is 8.40. The smallest absolute Gasteiger partial charge is 0.0967 e. The minimum atomic E-state index is 1.10. The fourth-order valence-corrected chi connectivity index (χ4v) is 1.39. The Morgan fingerprint density at radius 3 is 2.55 bits per heavy atom. The Balaban J connectivity index is 2.43. The summed E-state index contributed by atoms with van der Waals surface area (Å²) in [6.45, 7) is 6.48. The van der Waals surface area contributed by atoms with Crippen LogP contribution in [0.1, 0.15) is 6.92 Å². The highest BCUT2D eigenvalue weighted by Crippen LogP contribution is 2.00. The Bertz CT molecular complexity index is 136. The van der Waals surface area contributed by atoms with E-state index in [1.807, 2.05) is 7.05 Å². The molecule has 1 rings (SSSR count). The van der Waals surface area contributed by atoms with Gasteiger partial charge in [0.1, 0.15) is 0 Å². The summed E-state index contributed by atoms with van der Waals surface area (Å²) >= 11 is 0. The minimum Gasteiger partial charge on any atom is -0.375 e. The molecule has 0 aromatic heterocycles. The Kier molecular flexibility index (Phi) is 3.23. The Hall–Kier alpha value is -0.700. The van der Waals surface area contributed by atoms with Gasteiger partial charge >= 0.3 is 0 Å². The zero-order chi connectivity index (χ0) is 8.10. The van der Waals surface area contributed by atoms with Gasteiger partial charge in [0.05, 0.1) is 5.82 Å². The standard InChI is InChI=1S/C8H17N3/c1-3-8(9-2)11-6-4-10-5-7-11/h3,9-10H,4-7H2,1-2H3/b8-3+. The van der Waals surface area contributed by atoms with Gasteiger partial charge < -0.3 is 15.5 Å². The summed E-state index contributed by atoms with van der Waals surface area (Å²) in [5.41, 5.74) is 0. The van der Waals surface area contributed by atoms with E-state index in [9.17, 15) is 0 Å². The first-order valence-electron chi connectivity index (χ1n) is 4.18. The van der Waals surface area contributed by atoms with Crippen LogP contribution in [0.5, 0.6) is 0 Å². The Labute approximate surface area is 68.5 Å². The van der Waals surface area contributed by atoms with Crippen LogP contribution >= 0.6 is 0 Å². The van der Waals surface area contributed by atoms with Gasteiger partial charge in [0, 0.05) is 33.2 Å². The number of hydrogen-bond donors (Lipinski definition) is 2. The third-order valence-corrected chi connectivity index (χ3v) is 1.99. The topological polar surface area (TPSA) is 27.3 Å². The van der Waals surface area contributed by atoms with Crippen LogP contribution in [-0.4, -0.2) is 38.1 Å². The molecular weight excluding hydrogens is 138 g/mol. The van der Waals surface area contributed by atoms with Crippen LogP contribution in [0.3, 0.4) is 0 Å². The van der Waals surface area contributed by atoms with Crippen molar-refractivity contribution in [2.24, 2.45) is 0 Å². The lowest BCUT2D eigenvalue weighted by Gasteiger charge is -2.31. The molecule has 1 fully saturated rings. The molecule has 0 amide bonds. The SMILES string of the molecule is C/C=C(\NC)N1CCNCC1. The molecule has 0 aromatic carbocycles.